The number of alkyl halides is 3. The van der Waals surface area contributed by atoms with E-state index >= 15 is 0 Å². The number of nitrogens with zero attached hydrogens (tertiary/aromatic N) is 2. The van der Waals surface area contributed by atoms with Crippen molar-refractivity contribution < 1.29 is 22.8 Å². The summed E-state index contributed by atoms with van der Waals surface area (Å²) < 4.78 is 37.2. The third-order valence-electron chi connectivity index (χ3n) is 6.49. The van der Waals surface area contributed by atoms with Gasteiger partial charge in [-0.1, -0.05) is 12.1 Å². The molecule has 3 aliphatic rings. The van der Waals surface area contributed by atoms with E-state index < -0.39 is 18.5 Å². The van der Waals surface area contributed by atoms with Crippen molar-refractivity contribution in [1.82, 2.24) is 9.80 Å². The third-order valence-corrected chi connectivity index (χ3v) is 6.49. The predicted molar refractivity (Wildman–Crippen MR) is 97.9 cm³/mol. The van der Waals surface area contributed by atoms with Crippen molar-refractivity contribution in [3.63, 3.8) is 0 Å². The quantitative estimate of drug-likeness (QED) is 0.769. The monoisotopic (exact) mass is 394 g/mol. The number of hydrogen-bond acceptors (Lipinski definition) is 2. The van der Waals surface area contributed by atoms with Gasteiger partial charge in [0.05, 0.1) is 0 Å². The number of amides is 2. The molecule has 2 amide bonds. The fraction of sp³-hybridized carbons (Fsp3) is 0.619. The molecular weight excluding hydrogens is 369 g/mol. The van der Waals surface area contributed by atoms with Gasteiger partial charge in [-0.2, -0.15) is 13.2 Å². The first-order chi connectivity index (χ1) is 13.3. The van der Waals surface area contributed by atoms with Crippen LogP contribution in [0.25, 0.3) is 0 Å². The first-order valence-corrected chi connectivity index (χ1v) is 10.0. The van der Waals surface area contributed by atoms with Gasteiger partial charge in [0.25, 0.3) is 5.91 Å². The summed E-state index contributed by atoms with van der Waals surface area (Å²) in [5.74, 6) is -0.773. The molecule has 0 aromatic heterocycles. The van der Waals surface area contributed by atoms with Gasteiger partial charge in [0.2, 0.25) is 5.91 Å². The summed E-state index contributed by atoms with van der Waals surface area (Å²) >= 11 is 0. The number of likely N-dealkylation sites (tertiary alicyclic amines) is 2. The first kappa shape index (κ1) is 19.3. The Bertz CT molecular complexity index is 774. The first-order valence-electron chi connectivity index (χ1n) is 10.0. The van der Waals surface area contributed by atoms with Crippen molar-refractivity contribution in [2.24, 2.45) is 5.41 Å². The van der Waals surface area contributed by atoms with Gasteiger partial charge in [0, 0.05) is 37.2 Å². The van der Waals surface area contributed by atoms with E-state index in [-0.39, 0.29) is 11.3 Å². The van der Waals surface area contributed by atoms with Crippen LogP contribution in [0.1, 0.15) is 53.6 Å². The van der Waals surface area contributed by atoms with E-state index in [1.807, 2.05) is 17.0 Å². The molecule has 0 atom stereocenters. The standard InChI is InChI=1S/C21H25F3N2O2/c22-21(23,24)12-18(27)26-13-20(14-26)8-10-25(11-9-20)19(28)17-7-3-5-15-4-1-2-6-16(15)17/h3,5,7H,1-2,4,6,8-14H2. The van der Waals surface area contributed by atoms with Crippen molar-refractivity contribution in [2.45, 2.75) is 51.1 Å². The van der Waals surface area contributed by atoms with Crippen molar-refractivity contribution in [2.75, 3.05) is 26.2 Å². The van der Waals surface area contributed by atoms with Crippen molar-refractivity contribution in [3.8, 4) is 0 Å². The zero-order valence-corrected chi connectivity index (χ0v) is 15.9. The number of aryl methyl sites for hydroxylation is 1. The third kappa shape index (κ3) is 3.76. The van der Waals surface area contributed by atoms with Gasteiger partial charge in [-0.15, -0.1) is 0 Å². The molecule has 0 unspecified atom stereocenters. The molecule has 28 heavy (non-hydrogen) atoms. The Balaban J connectivity index is 1.34. The SMILES string of the molecule is O=C(CC(F)(F)F)N1CC2(CCN(C(=O)c3cccc4c3CCCC4)CC2)C1. The van der Waals surface area contributed by atoms with E-state index in [1.165, 1.54) is 22.4 Å². The Labute approximate surface area is 162 Å². The molecule has 2 aliphatic heterocycles. The molecule has 0 N–H and O–H groups in total. The molecule has 4 rings (SSSR count). The van der Waals surface area contributed by atoms with Gasteiger partial charge in [-0.3, -0.25) is 9.59 Å². The van der Waals surface area contributed by atoms with E-state index in [0.717, 1.165) is 37.7 Å². The lowest BCUT2D eigenvalue weighted by molar-refractivity contribution is -0.171. The van der Waals surface area contributed by atoms with Gasteiger partial charge in [-0.25, -0.2) is 0 Å². The molecule has 0 saturated carbocycles. The molecule has 2 saturated heterocycles. The summed E-state index contributed by atoms with van der Waals surface area (Å²) in [5.41, 5.74) is 3.16. The highest BCUT2D eigenvalue weighted by Gasteiger charge is 2.48. The highest BCUT2D eigenvalue weighted by atomic mass is 19.4. The van der Waals surface area contributed by atoms with Crippen LogP contribution in [0.5, 0.6) is 0 Å². The molecule has 7 heteroatoms. The van der Waals surface area contributed by atoms with Gasteiger partial charge in [0.15, 0.2) is 0 Å². The molecule has 0 radical (unpaired) electrons. The molecule has 152 valence electrons. The number of halogens is 3. The number of benzene rings is 1. The van der Waals surface area contributed by atoms with Crippen LogP contribution in [0.15, 0.2) is 18.2 Å². The molecular formula is C21H25F3N2O2. The molecule has 0 bridgehead atoms. The topological polar surface area (TPSA) is 40.6 Å². The number of carbonyl (C=O) groups excluding carboxylic acids is 2. The van der Waals surface area contributed by atoms with Gasteiger partial charge in [-0.05, 0) is 55.7 Å². The van der Waals surface area contributed by atoms with E-state index in [4.69, 9.17) is 0 Å². The molecule has 1 aromatic carbocycles. The fourth-order valence-corrected chi connectivity index (χ4v) is 4.88. The van der Waals surface area contributed by atoms with Gasteiger partial charge in [0.1, 0.15) is 6.42 Å². The van der Waals surface area contributed by atoms with Crippen LogP contribution in [0.4, 0.5) is 13.2 Å². The summed E-state index contributed by atoms with van der Waals surface area (Å²) in [7, 11) is 0. The maximum Gasteiger partial charge on any atom is 0.397 e. The number of hydrogen-bond donors (Lipinski definition) is 0. The maximum atomic E-state index is 13.1. The lowest BCUT2D eigenvalue weighted by Crippen LogP contribution is -2.62. The highest BCUT2D eigenvalue weighted by molar-refractivity contribution is 5.96. The van der Waals surface area contributed by atoms with Crippen LogP contribution in [0, 0.1) is 5.41 Å². The second-order valence-corrected chi connectivity index (χ2v) is 8.48. The van der Waals surface area contributed by atoms with Gasteiger partial charge < -0.3 is 9.80 Å². The Morgan fingerprint density at radius 1 is 1.00 bits per heavy atom. The average molecular weight is 394 g/mol. The summed E-state index contributed by atoms with van der Waals surface area (Å²) in [6, 6.07) is 5.98. The second-order valence-electron chi connectivity index (χ2n) is 8.48. The average Bonchev–Trinajstić information content (AvgIpc) is 2.64. The summed E-state index contributed by atoms with van der Waals surface area (Å²) in [6.45, 7) is 1.96. The molecule has 1 spiro atoms. The van der Waals surface area contributed by atoms with Crippen LogP contribution < -0.4 is 0 Å². The normalized spacial score (nSPS) is 21.2. The molecule has 1 aliphatic carbocycles. The minimum atomic E-state index is -4.45. The maximum absolute atomic E-state index is 13.1. The summed E-state index contributed by atoms with van der Waals surface area (Å²) in [4.78, 5) is 27.9. The van der Waals surface area contributed by atoms with Crippen LogP contribution in [-0.2, 0) is 17.6 Å². The minimum Gasteiger partial charge on any atom is -0.341 e. The largest absolute Gasteiger partial charge is 0.397 e. The van der Waals surface area contributed by atoms with Crippen LogP contribution in [-0.4, -0.2) is 54.0 Å². The second kappa shape index (κ2) is 7.08. The Morgan fingerprint density at radius 2 is 1.68 bits per heavy atom. The minimum absolute atomic E-state index is 0.0675. The number of fused-ring (bicyclic) bond motifs is 1. The Morgan fingerprint density at radius 3 is 2.36 bits per heavy atom. The number of piperidine rings is 1. The van der Waals surface area contributed by atoms with E-state index in [2.05, 4.69) is 6.07 Å². The lowest BCUT2D eigenvalue weighted by atomic mass is 9.71. The number of carbonyl (C=O) groups is 2. The number of rotatable bonds is 2. The molecule has 2 heterocycles. The lowest BCUT2D eigenvalue weighted by Gasteiger charge is -2.54. The van der Waals surface area contributed by atoms with E-state index in [1.54, 1.807) is 0 Å². The molecule has 1 aromatic rings. The smallest absolute Gasteiger partial charge is 0.341 e. The summed E-state index contributed by atoms with van der Waals surface area (Å²) in [6.07, 6.45) is -0.0976. The van der Waals surface area contributed by atoms with Crippen molar-refractivity contribution in [1.29, 1.82) is 0 Å². The fourth-order valence-electron chi connectivity index (χ4n) is 4.88. The Kier molecular flexibility index (Phi) is 4.88. The van der Waals surface area contributed by atoms with Crippen LogP contribution >= 0.6 is 0 Å². The zero-order valence-electron chi connectivity index (χ0n) is 15.9. The molecule has 2 fully saturated rings. The highest BCUT2D eigenvalue weighted by Crippen LogP contribution is 2.41. The van der Waals surface area contributed by atoms with E-state index in [0.29, 0.717) is 26.2 Å². The predicted octanol–water partition coefficient (Wildman–Crippen LogP) is 3.58. The Hall–Kier alpha value is -2.05. The summed E-state index contributed by atoms with van der Waals surface area (Å²) in [5, 5.41) is 0. The van der Waals surface area contributed by atoms with Crippen LogP contribution in [0.2, 0.25) is 0 Å². The molecule has 4 nitrogen and oxygen atoms in total. The van der Waals surface area contributed by atoms with Crippen LogP contribution in [0.3, 0.4) is 0 Å². The van der Waals surface area contributed by atoms with Crippen molar-refractivity contribution in [3.05, 3.63) is 34.9 Å². The zero-order chi connectivity index (χ0) is 19.9. The van der Waals surface area contributed by atoms with Gasteiger partial charge >= 0.3 is 6.18 Å². The van der Waals surface area contributed by atoms with Crippen molar-refractivity contribution >= 4 is 11.8 Å². The van der Waals surface area contributed by atoms with E-state index in [9.17, 15) is 22.8 Å².